The lowest BCUT2D eigenvalue weighted by Crippen LogP contribution is -2.38. The van der Waals surface area contributed by atoms with Gasteiger partial charge in [-0.15, -0.1) is 6.58 Å². The van der Waals surface area contributed by atoms with Crippen LogP contribution in [0.15, 0.2) is 73.4 Å². The molecule has 0 aliphatic carbocycles. The van der Waals surface area contributed by atoms with E-state index < -0.39 is 0 Å². The molecule has 2 amide bonds. The minimum atomic E-state index is -0.389. The molecule has 0 unspecified atom stereocenters. The van der Waals surface area contributed by atoms with Crippen LogP contribution in [0, 0.1) is 11.7 Å². The summed E-state index contributed by atoms with van der Waals surface area (Å²) in [4.78, 5) is 29.7. The second kappa shape index (κ2) is 9.81. The molecule has 0 spiro atoms. The maximum atomic E-state index is 14.1. The van der Waals surface area contributed by atoms with Crippen molar-refractivity contribution >= 4 is 11.8 Å². The summed E-state index contributed by atoms with van der Waals surface area (Å²) in [5.74, 6) is -0.833. The first kappa shape index (κ1) is 22.5. The smallest absolute Gasteiger partial charge is 0.274 e. The SMILES string of the molecule is C=CCN1CCN(C(=O)c2ccn(C)n2)C[C@H](Cc2ccc(-c3ccccc3F)cc2)C1=O. The van der Waals surface area contributed by atoms with Gasteiger partial charge in [-0.1, -0.05) is 48.5 Å². The van der Waals surface area contributed by atoms with Gasteiger partial charge < -0.3 is 9.80 Å². The molecule has 6 nitrogen and oxygen atoms in total. The molecule has 33 heavy (non-hydrogen) atoms. The normalized spacial score (nSPS) is 16.5. The molecule has 1 saturated heterocycles. The Morgan fingerprint density at radius 3 is 2.58 bits per heavy atom. The summed E-state index contributed by atoms with van der Waals surface area (Å²) in [6.45, 7) is 5.41. The zero-order valence-electron chi connectivity index (χ0n) is 18.7. The molecular formula is C26H27FN4O2. The number of halogens is 1. The van der Waals surface area contributed by atoms with Gasteiger partial charge in [-0.2, -0.15) is 5.10 Å². The molecule has 0 saturated carbocycles. The average molecular weight is 447 g/mol. The average Bonchev–Trinajstić information content (AvgIpc) is 3.20. The van der Waals surface area contributed by atoms with Crippen molar-refractivity contribution in [3.8, 4) is 11.1 Å². The van der Waals surface area contributed by atoms with Crippen molar-refractivity contribution in [1.82, 2.24) is 19.6 Å². The molecule has 1 aromatic heterocycles. The van der Waals surface area contributed by atoms with Crippen molar-refractivity contribution < 1.29 is 14.0 Å². The zero-order chi connectivity index (χ0) is 23.4. The fourth-order valence-corrected chi connectivity index (χ4v) is 4.21. The lowest BCUT2D eigenvalue weighted by molar-refractivity contribution is -0.134. The molecule has 7 heteroatoms. The van der Waals surface area contributed by atoms with Crippen LogP contribution in [0.5, 0.6) is 0 Å². The summed E-state index contributed by atoms with van der Waals surface area (Å²) in [5, 5.41) is 4.23. The summed E-state index contributed by atoms with van der Waals surface area (Å²) in [5.41, 5.74) is 2.65. The molecule has 2 heterocycles. The summed E-state index contributed by atoms with van der Waals surface area (Å²) >= 11 is 0. The van der Waals surface area contributed by atoms with Crippen LogP contribution in [-0.4, -0.2) is 57.6 Å². The Labute approximate surface area is 192 Å². The maximum Gasteiger partial charge on any atom is 0.274 e. The fraction of sp³-hybridized carbons (Fsp3) is 0.269. The highest BCUT2D eigenvalue weighted by Gasteiger charge is 2.32. The van der Waals surface area contributed by atoms with Crippen molar-refractivity contribution in [3.63, 3.8) is 0 Å². The number of rotatable bonds is 6. The predicted octanol–water partition coefficient (Wildman–Crippen LogP) is 3.56. The predicted molar refractivity (Wildman–Crippen MR) is 125 cm³/mol. The monoisotopic (exact) mass is 446 g/mol. The number of aryl methyl sites for hydroxylation is 1. The largest absolute Gasteiger partial charge is 0.337 e. The molecule has 0 bridgehead atoms. The summed E-state index contributed by atoms with van der Waals surface area (Å²) < 4.78 is 15.7. The van der Waals surface area contributed by atoms with Gasteiger partial charge in [-0.3, -0.25) is 14.3 Å². The van der Waals surface area contributed by atoms with Crippen LogP contribution in [-0.2, 0) is 18.3 Å². The molecule has 170 valence electrons. The van der Waals surface area contributed by atoms with Gasteiger partial charge in [0.15, 0.2) is 0 Å². The van der Waals surface area contributed by atoms with Crippen molar-refractivity contribution in [2.75, 3.05) is 26.2 Å². The van der Waals surface area contributed by atoms with Gasteiger partial charge in [-0.25, -0.2) is 4.39 Å². The zero-order valence-corrected chi connectivity index (χ0v) is 18.7. The highest BCUT2D eigenvalue weighted by molar-refractivity contribution is 5.93. The second-order valence-corrected chi connectivity index (χ2v) is 8.28. The Bertz CT molecular complexity index is 1160. The summed E-state index contributed by atoms with van der Waals surface area (Å²) in [7, 11) is 1.77. The van der Waals surface area contributed by atoms with Crippen molar-refractivity contribution in [2.45, 2.75) is 6.42 Å². The molecular weight excluding hydrogens is 419 g/mol. The first-order chi connectivity index (χ1) is 16.0. The van der Waals surface area contributed by atoms with Crippen LogP contribution in [0.25, 0.3) is 11.1 Å². The van der Waals surface area contributed by atoms with Gasteiger partial charge in [0.25, 0.3) is 5.91 Å². The standard InChI is InChI=1S/C26H27FN4O2/c1-3-13-30-15-16-31(26(33)24-12-14-29(2)28-24)18-21(25(30)32)17-19-8-10-20(11-9-19)22-6-4-5-7-23(22)27/h3-12,14,21H,1,13,15-18H2,2H3/t21-/m0/s1. The summed E-state index contributed by atoms with van der Waals surface area (Å²) in [6, 6.07) is 15.9. The molecule has 2 aromatic carbocycles. The van der Waals surface area contributed by atoms with Gasteiger partial charge in [0.1, 0.15) is 11.5 Å². The van der Waals surface area contributed by atoms with Crippen LogP contribution >= 0.6 is 0 Å². The van der Waals surface area contributed by atoms with E-state index in [2.05, 4.69) is 11.7 Å². The van der Waals surface area contributed by atoms with E-state index in [-0.39, 0.29) is 23.5 Å². The molecule has 0 N–H and O–H groups in total. The highest BCUT2D eigenvalue weighted by atomic mass is 19.1. The van der Waals surface area contributed by atoms with Gasteiger partial charge in [0.2, 0.25) is 5.91 Å². The fourth-order valence-electron chi connectivity index (χ4n) is 4.21. The van der Waals surface area contributed by atoms with Gasteiger partial charge in [-0.05, 0) is 29.7 Å². The van der Waals surface area contributed by atoms with Gasteiger partial charge in [0.05, 0.1) is 5.92 Å². The topological polar surface area (TPSA) is 58.4 Å². The minimum Gasteiger partial charge on any atom is -0.337 e. The Morgan fingerprint density at radius 1 is 1.15 bits per heavy atom. The Balaban J connectivity index is 1.55. The number of aromatic nitrogens is 2. The van der Waals surface area contributed by atoms with E-state index in [1.807, 2.05) is 24.3 Å². The van der Waals surface area contributed by atoms with E-state index in [0.717, 1.165) is 11.1 Å². The van der Waals surface area contributed by atoms with E-state index in [4.69, 9.17) is 0 Å². The van der Waals surface area contributed by atoms with Gasteiger partial charge in [0, 0.05) is 45.0 Å². The van der Waals surface area contributed by atoms with Crippen molar-refractivity contribution in [1.29, 1.82) is 0 Å². The Morgan fingerprint density at radius 2 is 1.91 bits per heavy atom. The van der Waals surface area contributed by atoms with Crippen LogP contribution in [0.4, 0.5) is 4.39 Å². The number of carbonyl (C=O) groups is 2. The van der Waals surface area contributed by atoms with Crippen molar-refractivity contribution in [3.05, 3.63) is 90.5 Å². The first-order valence-corrected chi connectivity index (χ1v) is 11.0. The molecule has 1 aliphatic heterocycles. The summed E-state index contributed by atoms with van der Waals surface area (Å²) in [6.07, 6.45) is 3.92. The maximum absolute atomic E-state index is 14.1. The van der Waals surface area contributed by atoms with Crippen molar-refractivity contribution in [2.24, 2.45) is 13.0 Å². The van der Waals surface area contributed by atoms with Crippen LogP contribution < -0.4 is 0 Å². The minimum absolute atomic E-state index is 0.00408. The van der Waals surface area contributed by atoms with E-state index >= 15 is 0 Å². The first-order valence-electron chi connectivity index (χ1n) is 11.0. The Hall–Kier alpha value is -3.74. The molecule has 4 rings (SSSR count). The number of amides is 2. The van der Waals surface area contributed by atoms with E-state index in [1.54, 1.807) is 58.1 Å². The number of benzene rings is 2. The molecule has 1 aliphatic rings. The number of nitrogens with zero attached hydrogens (tertiary/aromatic N) is 4. The van der Waals surface area contributed by atoms with Crippen LogP contribution in [0.3, 0.4) is 0 Å². The van der Waals surface area contributed by atoms with E-state index in [9.17, 15) is 14.0 Å². The molecule has 1 fully saturated rings. The van der Waals surface area contributed by atoms with E-state index in [1.165, 1.54) is 6.07 Å². The molecule has 1 atom stereocenters. The third-order valence-corrected chi connectivity index (χ3v) is 5.93. The van der Waals surface area contributed by atoms with Crippen LogP contribution in [0.1, 0.15) is 16.1 Å². The van der Waals surface area contributed by atoms with Gasteiger partial charge >= 0.3 is 0 Å². The molecule has 3 aromatic rings. The lowest BCUT2D eigenvalue weighted by Gasteiger charge is -2.23. The third kappa shape index (κ3) is 5.03. The number of hydrogen-bond acceptors (Lipinski definition) is 3. The quantitative estimate of drug-likeness (QED) is 0.544. The van der Waals surface area contributed by atoms with Crippen LogP contribution in [0.2, 0.25) is 0 Å². The third-order valence-electron chi connectivity index (χ3n) is 5.93. The highest BCUT2D eigenvalue weighted by Crippen LogP contribution is 2.24. The number of carbonyl (C=O) groups excluding carboxylic acids is 2. The second-order valence-electron chi connectivity index (χ2n) is 8.28. The molecule has 0 radical (unpaired) electrons. The Kier molecular flexibility index (Phi) is 6.68. The van der Waals surface area contributed by atoms with E-state index in [0.29, 0.717) is 43.9 Å². The lowest BCUT2D eigenvalue weighted by atomic mass is 9.95. The number of hydrogen-bond donors (Lipinski definition) is 0.